The summed E-state index contributed by atoms with van der Waals surface area (Å²) in [6.07, 6.45) is -3.28. The Morgan fingerprint density at radius 1 is 1.00 bits per heavy atom. The van der Waals surface area contributed by atoms with Gasteiger partial charge in [-0.15, -0.1) is 0 Å². The molecule has 0 aliphatic carbocycles. The number of alkyl halides is 5. The second-order valence-electron chi connectivity index (χ2n) is 6.13. The molecule has 4 rings (SSSR count). The molecule has 1 aromatic carbocycles. The molecule has 0 aliphatic heterocycles. The molecule has 6 nitrogen and oxygen atoms in total. The van der Waals surface area contributed by atoms with Gasteiger partial charge >= 0.3 is 18.5 Å². The Bertz CT molecular complexity index is 1280. The Kier molecular flexibility index (Phi) is 4.25. The number of fused-ring (bicyclic) bond motifs is 3. The summed E-state index contributed by atoms with van der Waals surface area (Å²) in [7, 11) is 0. The fourth-order valence-corrected chi connectivity index (χ4v) is 2.99. The maximum atomic E-state index is 13.2. The van der Waals surface area contributed by atoms with Crippen LogP contribution >= 0.6 is 0 Å². The third-order valence-corrected chi connectivity index (χ3v) is 4.16. The van der Waals surface area contributed by atoms with Gasteiger partial charge in [0, 0.05) is 6.20 Å². The number of benzene rings is 1. The van der Waals surface area contributed by atoms with Crippen molar-refractivity contribution in [1.29, 1.82) is 0 Å². The van der Waals surface area contributed by atoms with E-state index in [4.69, 9.17) is 0 Å². The van der Waals surface area contributed by atoms with Crippen molar-refractivity contribution < 1.29 is 26.7 Å². The standard InChI is InChI=1S/C18H11F5N4O2/c1-9-8-26-14(24-9)12-6-7-13(18(21,22)23)25-15(12)27(17(26)28)10-2-4-11(5-3-10)29-16(19)20/h2-8,16H,1H3. The Morgan fingerprint density at radius 2 is 1.69 bits per heavy atom. The molecule has 0 saturated carbocycles. The molecule has 0 unspecified atom stereocenters. The average Bonchev–Trinajstić information content (AvgIpc) is 3.04. The van der Waals surface area contributed by atoms with Crippen LogP contribution in [0.5, 0.6) is 5.75 Å². The average molecular weight is 410 g/mol. The first-order chi connectivity index (χ1) is 13.6. The number of aryl methyl sites for hydroxylation is 1. The van der Waals surface area contributed by atoms with E-state index in [9.17, 15) is 26.7 Å². The summed E-state index contributed by atoms with van der Waals surface area (Å²) in [6.45, 7) is -1.40. The highest BCUT2D eigenvalue weighted by Gasteiger charge is 2.33. The molecule has 0 bridgehead atoms. The van der Waals surface area contributed by atoms with Gasteiger partial charge in [-0.25, -0.2) is 19.3 Å². The molecule has 29 heavy (non-hydrogen) atoms. The van der Waals surface area contributed by atoms with E-state index in [-0.39, 0.29) is 28.1 Å². The van der Waals surface area contributed by atoms with E-state index < -0.39 is 24.2 Å². The van der Waals surface area contributed by atoms with Crippen LogP contribution in [-0.4, -0.2) is 25.5 Å². The van der Waals surface area contributed by atoms with Crippen molar-refractivity contribution in [2.45, 2.75) is 19.7 Å². The fraction of sp³-hybridized carbons (Fsp3) is 0.167. The topological polar surface area (TPSA) is 61.4 Å². The highest BCUT2D eigenvalue weighted by Crippen LogP contribution is 2.30. The van der Waals surface area contributed by atoms with Gasteiger partial charge in [0.15, 0.2) is 11.3 Å². The van der Waals surface area contributed by atoms with E-state index in [1.807, 2.05) is 0 Å². The van der Waals surface area contributed by atoms with Crippen molar-refractivity contribution in [2.24, 2.45) is 0 Å². The highest BCUT2D eigenvalue weighted by atomic mass is 19.4. The van der Waals surface area contributed by atoms with Gasteiger partial charge in [-0.1, -0.05) is 0 Å². The van der Waals surface area contributed by atoms with E-state index in [2.05, 4.69) is 14.7 Å². The van der Waals surface area contributed by atoms with Crippen LogP contribution < -0.4 is 10.4 Å². The number of halogens is 5. The van der Waals surface area contributed by atoms with Crippen LogP contribution in [0.3, 0.4) is 0 Å². The zero-order valence-electron chi connectivity index (χ0n) is 14.6. The Balaban J connectivity index is 2.04. The lowest BCUT2D eigenvalue weighted by molar-refractivity contribution is -0.141. The number of hydrogen-bond donors (Lipinski definition) is 0. The molecule has 0 radical (unpaired) electrons. The number of hydrogen-bond acceptors (Lipinski definition) is 4. The summed E-state index contributed by atoms with van der Waals surface area (Å²) < 4.78 is 70.7. The first kappa shape index (κ1) is 18.8. The van der Waals surface area contributed by atoms with Crippen LogP contribution in [0.15, 0.2) is 47.4 Å². The molecule has 0 N–H and O–H groups in total. The van der Waals surface area contributed by atoms with E-state index in [1.54, 1.807) is 6.92 Å². The first-order valence-corrected chi connectivity index (χ1v) is 8.19. The summed E-state index contributed by atoms with van der Waals surface area (Å²) in [4.78, 5) is 20.8. The van der Waals surface area contributed by atoms with E-state index in [0.29, 0.717) is 5.69 Å². The molecule has 0 atom stereocenters. The van der Waals surface area contributed by atoms with Crippen LogP contribution in [0.4, 0.5) is 22.0 Å². The molecule has 0 amide bonds. The van der Waals surface area contributed by atoms with Crippen LogP contribution in [0, 0.1) is 6.92 Å². The molecule has 3 heterocycles. The Labute approximate surface area is 158 Å². The van der Waals surface area contributed by atoms with Crippen LogP contribution in [0.1, 0.15) is 11.4 Å². The van der Waals surface area contributed by atoms with Crippen molar-refractivity contribution in [3.63, 3.8) is 0 Å². The number of aromatic nitrogens is 4. The first-order valence-electron chi connectivity index (χ1n) is 8.19. The lowest BCUT2D eigenvalue weighted by Crippen LogP contribution is -2.26. The zero-order valence-corrected chi connectivity index (χ0v) is 14.6. The van der Waals surface area contributed by atoms with Gasteiger partial charge in [0.05, 0.1) is 16.8 Å². The lowest BCUT2D eigenvalue weighted by atomic mass is 10.2. The van der Waals surface area contributed by atoms with Crippen molar-refractivity contribution >= 4 is 16.7 Å². The van der Waals surface area contributed by atoms with Gasteiger partial charge in [0.1, 0.15) is 11.4 Å². The fourth-order valence-electron chi connectivity index (χ4n) is 2.99. The molecule has 4 aromatic rings. The lowest BCUT2D eigenvalue weighted by Gasteiger charge is -2.13. The van der Waals surface area contributed by atoms with Gasteiger partial charge in [0.2, 0.25) is 0 Å². The minimum Gasteiger partial charge on any atom is -0.435 e. The minimum absolute atomic E-state index is 0.127. The van der Waals surface area contributed by atoms with Gasteiger partial charge in [-0.3, -0.25) is 4.40 Å². The smallest absolute Gasteiger partial charge is 0.433 e. The van der Waals surface area contributed by atoms with E-state index in [1.165, 1.54) is 40.9 Å². The van der Waals surface area contributed by atoms with E-state index in [0.717, 1.165) is 10.6 Å². The third kappa shape index (κ3) is 3.28. The predicted molar refractivity (Wildman–Crippen MR) is 92.5 cm³/mol. The van der Waals surface area contributed by atoms with E-state index >= 15 is 0 Å². The number of ether oxygens (including phenoxy) is 1. The number of pyridine rings is 1. The molecule has 0 fully saturated rings. The van der Waals surface area contributed by atoms with Crippen molar-refractivity contribution in [1.82, 2.24) is 18.9 Å². The molecule has 0 saturated heterocycles. The SMILES string of the molecule is Cc1cn2c(=O)n(-c3ccc(OC(F)F)cc3)c3nc(C(F)(F)F)ccc3c2n1. The van der Waals surface area contributed by atoms with Gasteiger partial charge < -0.3 is 4.74 Å². The Morgan fingerprint density at radius 3 is 2.31 bits per heavy atom. The molecular formula is C18H11F5N4O2. The molecule has 150 valence electrons. The maximum absolute atomic E-state index is 13.2. The maximum Gasteiger partial charge on any atom is 0.433 e. The van der Waals surface area contributed by atoms with Crippen molar-refractivity contribution in [2.75, 3.05) is 0 Å². The third-order valence-electron chi connectivity index (χ3n) is 4.16. The summed E-state index contributed by atoms with van der Waals surface area (Å²) in [5.74, 6) is -0.162. The number of nitrogens with zero attached hydrogens (tertiary/aromatic N) is 4. The van der Waals surface area contributed by atoms with Crippen molar-refractivity contribution in [3.8, 4) is 11.4 Å². The molecule has 11 heteroatoms. The van der Waals surface area contributed by atoms with Crippen LogP contribution in [0.25, 0.3) is 22.4 Å². The number of imidazole rings is 1. The largest absolute Gasteiger partial charge is 0.435 e. The van der Waals surface area contributed by atoms with Crippen molar-refractivity contribution in [3.05, 3.63) is 64.5 Å². The molecule has 3 aromatic heterocycles. The molecular weight excluding hydrogens is 399 g/mol. The molecule has 0 aliphatic rings. The summed E-state index contributed by atoms with van der Waals surface area (Å²) >= 11 is 0. The zero-order chi connectivity index (χ0) is 20.9. The second kappa shape index (κ2) is 6.54. The monoisotopic (exact) mass is 410 g/mol. The number of rotatable bonds is 3. The van der Waals surface area contributed by atoms with Gasteiger partial charge in [-0.2, -0.15) is 22.0 Å². The Hall–Kier alpha value is -3.50. The summed E-state index contributed by atoms with van der Waals surface area (Å²) in [6, 6.07) is 6.90. The van der Waals surface area contributed by atoms with Gasteiger partial charge in [-0.05, 0) is 43.3 Å². The minimum atomic E-state index is -4.72. The second-order valence-corrected chi connectivity index (χ2v) is 6.13. The van der Waals surface area contributed by atoms with Crippen LogP contribution in [-0.2, 0) is 6.18 Å². The van der Waals surface area contributed by atoms with Gasteiger partial charge in [0.25, 0.3) is 0 Å². The predicted octanol–water partition coefficient (Wildman–Crippen LogP) is 3.96. The quantitative estimate of drug-likeness (QED) is 0.480. The highest BCUT2D eigenvalue weighted by molar-refractivity contribution is 5.90. The molecule has 0 spiro atoms. The summed E-state index contributed by atoms with van der Waals surface area (Å²) in [5, 5.41) is 0.221. The normalized spacial score (nSPS) is 12.2. The summed E-state index contributed by atoms with van der Waals surface area (Å²) in [5.41, 5.74) is -1.36. The van der Waals surface area contributed by atoms with Crippen LogP contribution in [0.2, 0.25) is 0 Å².